The van der Waals surface area contributed by atoms with Gasteiger partial charge in [-0.2, -0.15) is 0 Å². The van der Waals surface area contributed by atoms with Gasteiger partial charge in [0.25, 0.3) is 0 Å². The van der Waals surface area contributed by atoms with Crippen LogP contribution in [0.1, 0.15) is 40.0 Å². The molecule has 1 rings (SSSR count). The monoisotopic (exact) mass is 257 g/mol. The quantitative estimate of drug-likeness (QED) is 0.683. The third kappa shape index (κ3) is 6.59. The summed E-state index contributed by atoms with van der Waals surface area (Å²) in [5.74, 6) is 0.168. The van der Waals surface area contributed by atoms with E-state index in [9.17, 15) is 9.59 Å². The molecule has 1 aliphatic rings. The Balaban J connectivity index is 2.16. The molecule has 0 aromatic carbocycles. The number of amides is 1. The van der Waals surface area contributed by atoms with Gasteiger partial charge in [-0.05, 0) is 27.2 Å². The van der Waals surface area contributed by atoms with Gasteiger partial charge in [0.2, 0.25) is 0 Å². The minimum absolute atomic E-state index is 0.168. The predicted molar refractivity (Wildman–Crippen MR) is 67.5 cm³/mol. The van der Waals surface area contributed by atoms with Crippen LogP contribution in [0.4, 0.5) is 4.79 Å². The van der Waals surface area contributed by atoms with Crippen molar-refractivity contribution in [1.82, 2.24) is 4.90 Å². The molecule has 0 aromatic rings. The maximum atomic E-state index is 11.6. The van der Waals surface area contributed by atoms with Gasteiger partial charge in [0.05, 0.1) is 12.7 Å². The normalized spacial score (nSPS) is 18.3. The van der Waals surface area contributed by atoms with Crippen molar-refractivity contribution in [3.63, 3.8) is 0 Å². The van der Waals surface area contributed by atoms with Gasteiger partial charge in [-0.1, -0.05) is 0 Å². The van der Waals surface area contributed by atoms with Crippen LogP contribution in [0.5, 0.6) is 0 Å². The summed E-state index contributed by atoms with van der Waals surface area (Å²) < 4.78 is 10.2. The van der Waals surface area contributed by atoms with Gasteiger partial charge in [-0.3, -0.25) is 4.79 Å². The number of ether oxygens (including phenoxy) is 2. The molecule has 1 fully saturated rings. The summed E-state index contributed by atoms with van der Waals surface area (Å²) in [5, 5.41) is 0. The lowest BCUT2D eigenvalue weighted by molar-refractivity contribution is -0.119. The van der Waals surface area contributed by atoms with Crippen LogP contribution in [-0.4, -0.2) is 48.7 Å². The lowest BCUT2D eigenvalue weighted by atomic mass is 10.1. The lowest BCUT2D eigenvalue weighted by Gasteiger charge is -2.24. The molecule has 0 bridgehead atoms. The molecule has 1 aliphatic heterocycles. The predicted octanol–water partition coefficient (Wildman–Crippen LogP) is 1.99. The summed E-state index contributed by atoms with van der Waals surface area (Å²) in [5.41, 5.74) is -0.501. The molecule has 0 aromatic heterocycles. The molecule has 5 nitrogen and oxygen atoms in total. The van der Waals surface area contributed by atoms with Crippen molar-refractivity contribution in [2.45, 2.75) is 51.7 Å². The molecular weight excluding hydrogens is 234 g/mol. The first-order valence-corrected chi connectivity index (χ1v) is 6.35. The Kier molecular flexibility index (Phi) is 5.14. The smallest absolute Gasteiger partial charge is 0.410 e. The van der Waals surface area contributed by atoms with Gasteiger partial charge in [0, 0.05) is 26.4 Å². The van der Waals surface area contributed by atoms with Crippen molar-refractivity contribution in [2.24, 2.45) is 0 Å². The zero-order chi connectivity index (χ0) is 13.8. The van der Waals surface area contributed by atoms with Gasteiger partial charge in [-0.15, -0.1) is 0 Å². The first-order valence-electron chi connectivity index (χ1n) is 6.35. The zero-order valence-corrected chi connectivity index (χ0v) is 11.7. The van der Waals surface area contributed by atoms with Crippen LogP contribution in [0.15, 0.2) is 0 Å². The number of hydrogen-bond acceptors (Lipinski definition) is 4. The third-order valence-corrected chi connectivity index (χ3v) is 2.58. The standard InChI is InChI=1S/C13H23NO4/c1-13(2,3)18-12(16)14(4)8-7-10(15)5-6-11-9-17-11/h11H,5-9H2,1-4H3. The number of Topliss-reactive ketones (excluding diaryl/α,β-unsaturated/α-hetero) is 1. The average molecular weight is 257 g/mol. The van der Waals surface area contributed by atoms with Crippen molar-refractivity contribution >= 4 is 11.9 Å². The van der Waals surface area contributed by atoms with E-state index in [0.717, 1.165) is 13.0 Å². The second kappa shape index (κ2) is 6.18. The van der Waals surface area contributed by atoms with E-state index in [1.807, 2.05) is 20.8 Å². The molecule has 0 N–H and O–H groups in total. The highest BCUT2D eigenvalue weighted by Gasteiger charge is 2.23. The van der Waals surface area contributed by atoms with Crippen LogP contribution in [0.25, 0.3) is 0 Å². The zero-order valence-electron chi connectivity index (χ0n) is 11.7. The Morgan fingerprint density at radius 1 is 1.33 bits per heavy atom. The molecule has 1 atom stereocenters. The highest BCUT2D eigenvalue weighted by molar-refractivity contribution is 5.79. The highest BCUT2D eigenvalue weighted by atomic mass is 16.6. The van der Waals surface area contributed by atoms with E-state index in [4.69, 9.17) is 9.47 Å². The van der Waals surface area contributed by atoms with E-state index in [1.54, 1.807) is 7.05 Å². The summed E-state index contributed by atoms with van der Waals surface area (Å²) >= 11 is 0. The number of rotatable bonds is 6. The topological polar surface area (TPSA) is 59.1 Å². The molecule has 5 heteroatoms. The number of carbonyl (C=O) groups excluding carboxylic acids is 2. The van der Waals surface area contributed by atoms with E-state index in [2.05, 4.69) is 0 Å². The fourth-order valence-corrected chi connectivity index (χ4v) is 1.41. The number of hydrogen-bond donors (Lipinski definition) is 0. The van der Waals surface area contributed by atoms with Crippen LogP contribution < -0.4 is 0 Å². The SMILES string of the molecule is CN(CCC(=O)CCC1CO1)C(=O)OC(C)(C)C. The Morgan fingerprint density at radius 2 is 1.94 bits per heavy atom. The van der Waals surface area contributed by atoms with Gasteiger partial charge in [0.15, 0.2) is 0 Å². The first-order chi connectivity index (χ1) is 8.28. The van der Waals surface area contributed by atoms with E-state index in [-0.39, 0.29) is 18.0 Å². The summed E-state index contributed by atoms with van der Waals surface area (Å²) in [6.07, 6.45) is 1.61. The van der Waals surface area contributed by atoms with E-state index < -0.39 is 5.60 Å². The molecule has 1 amide bonds. The summed E-state index contributed by atoms with van der Waals surface area (Å²) in [6.45, 7) is 6.64. The Bertz CT molecular complexity index is 305. The van der Waals surface area contributed by atoms with E-state index in [1.165, 1.54) is 4.90 Å². The molecule has 0 spiro atoms. The number of epoxide rings is 1. The Morgan fingerprint density at radius 3 is 2.44 bits per heavy atom. The maximum Gasteiger partial charge on any atom is 0.410 e. The molecule has 1 heterocycles. The van der Waals surface area contributed by atoms with Crippen LogP contribution >= 0.6 is 0 Å². The molecule has 1 unspecified atom stereocenters. The number of carbonyl (C=O) groups is 2. The summed E-state index contributed by atoms with van der Waals surface area (Å²) in [6, 6.07) is 0. The molecule has 18 heavy (non-hydrogen) atoms. The fourth-order valence-electron chi connectivity index (χ4n) is 1.41. The maximum absolute atomic E-state index is 11.6. The number of nitrogens with zero attached hydrogens (tertiary/aromatic N) is 1. The van der Waals surface area contributed by atoms with Crippen LogP contribution in [-0.2, 0) is 14.3 Å². The van der Waals surface area contributed by atoms with Crippen molar-refractivity contribution in [1.29, 1.82) is 0 Å². The molecular formula is C13H23NO4. The van der Waals surface area contributed by atoms with Gasteiger partial charge in [0.1, 0.15) is 11.4 Å². The molecule has 104 valence electrons. The second-order valence-electron chi connectivity index (χ2n) is 5.68. The van der Waals surface area contributed by atoms with Crippen LogP contribution in [0.3, 0.4) is 0 Å². The molecule has 0 radical (unpaired) electrons. The minimum atomic E-state index is -0.501. The number of ketones is 1. The fraction of sp³-hybridized carbons (Fsp3) is 0.846. The highest BCUT2D eigenvalue weighted by Crippen LogP contribution is 2.16. The largest absolute Gasteiger partial charge is 0.444 e. The van der Waals surface area contributed by atoms with E-state index in [0.29, 0.717) is 19.4 Å². The first kappa shape index (κ1) is 15.0. The molecule has 0 aliphatic carbocycles. The Labute approximate surface area is 108 Å². The Hall–Kier alpha value is -1.10. The molecule has 0 saturated carbocycles. The molecule has 1 saturated heterocycles. The second-order valence-corrected chi connectivity index (χ2v) is 5.68. The van der Waals surface area contributed by atoms with Crippen molar-refractivity contribution in [3.8, 4) is 0 Å². The summed E-state index contributed by atoms with van der Waals surface area (Å²) in [4.78, 5) is 24.6. The van der Waals surface area contributed by atoms with Crippen molar-refractivity contribution in [2.75, 3.05) is 20.2 Å². The van der Waals surface area contributed by atoms with Gasteiger partial charge in [-0.25, -0.2) is 4.79 Å². The van der Waals surface area contributed by atoms with Gasteiger partial charge >= 0.3 is 6.09 Å². The lowest BCUT2D eigenvalue weighted by Crippen LogP contribution is -2.35. The van der Waals surface area contributed by atoms with Crippen molar-refractivity contribution in [3.05, 3.63) is 0 Å². The van der Waals surface area contributed by atoms with E-state index >= 15 is 0 Å². The third-order valence-electron chi connectivity index (χ3n) is 2.58. The summed E-state index contributed by atoms with van der Waals surface area (Å²) in [7, 11) is 1.64. The average Bonchev–Trinajstić information content (AvgIpc) is 3.04. The van der Waals surface area contributed by atoms with Crippen molar-refractivity contribution < 1.29 is 19.1 Å². The van der Waals surface area contributed by atoms with Gasteiger partial charge < -0.3 is 14.4 Å². The van der Waals surface area contributed by atoms with Crippen LogP contribution in [0, 0.1) is 0 Å². The van der Waals surface area contributed by atoms with Crippen LogP contribution in [0.2, 0.25) is 0 Å². The minimum Gasteiger partial charge on any atom is -0.444 e.